The number of ether oxygens (including phenoxy) is 1. The van der Waals surface area contributed by atoms with E-state index in [0.29, 0.717) is 23.1 Å². The zero-order chi connectivity index (χ0) is 17.5. The van der Waals surface area contributed by atoms with Crippen LogP contribution in [0.5, 0.6) is 5.75 Å². The minimum absolute atomic E-state index is 0.0176. The van der Waals surface area contributed by atoms with Gasteiger partial charge in [0.1, 0.15) is 5.75 Å². The molecule has 0 aliphatic heterocycles. The van der Waals surface area contributed by atoms with Gasteiger partial charge in [0.25, 0.3) is 11.1 Å². The summed E-state index contributed by atoms with van der Waals surface area (Å²) in [4.78, 5) is 12.1. The first-order valence-corrected chi connectivity index (χ1v) is 9.61. The molecule has 25 heavy (non-hydrogen) atoms. The Morgan fingerprint density at radius 2 is 2.08 bits per heavy atom. The third kappa shape index (κ3) is 5.49. The van der Waals surface area contributed by atoms with E-state index in [1.54, 1.807) is 0 Å². The van der Waals surface area contributed by atoms with Crippen LogP contribution in [0.15, 0.2) is 40.0 Å². The number of benzene rings is 1. The normalized spacial score (nSPS) is 20.2. The lowest BCUT2D eigenvalue weighted by Crippen LogP contribution is -2.41. The van der Waals surface area contributed by atoms with Crippen molar-refractivity contribution in [2.75, 3.05) is 5.75 Å². The van der Waals surface area contributed by atoms with Crippen LogP contribution in [0.3, 0.4) is 0 Å². The summed E-state index contributed by atoms with van der Waals surface area (Å²) in [6.45, 7) is 2.41. The number of amides is 1. The summed E-state index contributed by atoms with van der Waals surface area (Å²) in [5.41, 5.74) is 0. The Morgan fingerprint density at radius 3 is 2.88 bits per heavy atom. The zero-order valence-electron chi connectivity index (χ0n) is 14.3. The maximum absolute atomic E-state index is 12.1. The van der Waals surface area contributed by atoms with Crippen molar-refractivity contribution in [1.29, 1.82) is 0 Å². The van der Waals surface area contributed by atoms with Crippen LogP contribution in [-0.4, -0.2) is 27.9 Å². The van der Waals surface area contributed by atoms with Crippen LogP contribution < -0.4 is 10.1 Å². The molecule has 0 bridgehead atoms. The van der Waals surface area contributed by atoms with Crippen molar-refractivity contribution in [3.05, 3.63) is 36.2 Å². The number of rotatable bonds is 7. The van der Waals surface area contributed by atoms with E-state index < -0.39 is 0 Å². The van der Waals surface area contributed by atoms with Crippen molar-refractivity contribution >= 4 is 17.7 Å². The van der Waals surface area contributed by atoms with Gasteiger partial charge in [0.05, 0.1) is 5.75 Å². The highest BCUT2D eigenvalue weighted by molar-refractivity contribution is 7.99. The Labute approximate surface area is 151 Å². The Kier molecular flexibility index (Phi) is 6.33. The fourth-order valence-electron chi connectivity index (χ4n) is 2.92. The monoisotopic (exact) mass is 361 g/mol. The predicted molar refractivity (Wildman–Crippen MR) is 95.4 cm³/mol. The van der Waals surface area contributed by atoms with E-state index in [2.05, 4.69) is 22.4 Å². The number of para-hydroxylation sites is 1. The highest BCUT2D eigenvalue weighted by Gasteiger charge is 2.23. The SMILES string of the molecule is C[C@@H]1CCCC[C@H]1NC(=O)CSc1nnc(COc2ccccc2)o1. The fraction of sp³-hybridized carbons (Fsp3) is 0.500. The van der Waals surface area contributed by atoms with Gasteiger partial charge in [-0.1, -0.05) is 49.7 Å². The molecule has 0 spiro atoms. The van der Waals surface area contributed by atoms with E-state index in [-0.39, 0.29) is 18.3 Å². The lowest BCUT2D eigenvalue weighted by molar-refractivity contribution is -0.119. The molecule has 2 atom stereocenters. The number of nitrogens with one attached hydrogen (secondary N) is 1. The van der Waals surface area contributed by atoms with Gasteiger partial charge in [-0.25, -0.2) is 0 Å². The molecule has 2 aromatic rings. The summed E-state index contributed by atoms with van der Waals surface area (Å²) in [6.07, 6.45) is 4.71. The van der Waals surface area contributed by atoms with E-state index >= 15 is 0 Å². The van der Waals surface area contributed by atoms with Crippen molar-refractivity contribution in [3.63, 3.8) is 0 Å². The summed E-state index contributed by atoms with van der Waals surface area (Å²) in [5.74, 6) is 1.99. The Bertz CT molecular complexity index is 677. The number of nitrogens with zero attached hydrogens (tertiary/aromatic N) is 2. The Balaban J connectivity index is 1.41. The van der Waals surface area contributed by atoms with Gasteiger partial charge in [-0.3, -0.25) is 4.79 Å². The molecule has 1 fully saturated rings. The average molecular weight is 361 g/mol. The van der Waals surface area contributed by atoms with Crippen molar-refractivity contribution in [2.45, 2.75) is 50.5 Å². The molecule has 1 aromatic heterocycles. The third-order valence-electron chi connectivity index (χ3n) is 4.34. The highest BCUT2D eigenvalue weighted by atomic mass is 32.2. The minimum atomic E-state index is 0.0176. The maximum atomic E-state index is 12.1. The van der Waals surface area contributed by atoms with E-state index in [9.17, 15) is 4.79 Å². The molecule has 1 heterocycles. The largest absolute Gasteiger partial charge is 0.484 e. The smallest absolute Gasteiger partial charge is 0.277 e. The van der Waals surface area contributed by atoms with Crippen LogP contribution in [0.2, 0.25) is 0 Å². The van der Waals surface area contributed by atoms with Crippen LogP contribution in [0, 0.1) is 5.92 Å². The minimum Gasteiger partial charge on any atom is -0.484 e. The summed E-state index contributed by atoms with van der Waals surface area (Å²) in [5, 5.41) is 11.4. The first kappa shape index (κ1) is 17.8. The van der Waals surface area contributed by atoms with Crippen molar-refractivity contribution in [3.8, 4) is 5.75 Å². The molecule has 1 aliphatic rings. The standard InChI is InChI=1S/C18H23N3O3S/c1-13-7-5-6-10-15(13)19-16(22)12-25-18-21-20-17(24-18)11-23-14-8-3-2-4-9-14/h2-4,8-9,13,15H,5-7,10-12H2,1H3,(H,19,22)/t13-,15-/m1/s1. The number of carbonyl (C=O) groups is 1. The topological polar surface area (TPSA) is 77.2 Å². The molecule has 1 saturated carbocycles. The van der Waals surface area contributed by atoms with E-state index in [4.69, 9.17) is 9.15 Å². The average Bonchev–Trinajstić information content (AvgIpc) is 3.09. The van der Waals surface area contributed by atoms with Gasteiger partial charge < -0.3 is 14.5 Å². The molecule has 1 amide bonds. The first-order chi connectivity index (χ1) is 12.2. The highest BCUT2D eigenvalue weighted by Crippen LogP contribution is 2.24. The summed E-state index contributed by atoms with van der Waals surface area (Å²) >= 11 is 1.25. The van der Waals surface area contributed by atoms with Gasteiger partial charge in [0.15, 0.2) is 6.61 Å². The van der Waals surface area contributed by atoms with Crippen LogP contribution in [0.25, 0.3) is 0 Å². The molecule has 0 radical (unpaired) electrons. The second-order valence-electron chi connectivity index (χ2n) is 6.29. The van der Waals surface area contributed by atoms with Gasteiger partial charge in [-0.15, -0.1) is 10.2 Å². The second-order valence-corrected chi connectivity index (χ2v) is 7.21. The Hall–Kier alpha value is -2.02. The lowest BCUT2D eigenvalue weighted by atomic mass is 9.86. The molecule has 1 aromatic carbocycles. The summed E-state index contributed by atoms with van der Waals surface area (Å²) in [7, 11) is 0. The fourth-order valence-corrected chi connectivity index (χ4v) is 3.51. The first-order valence-electron chi connectivity index (χ1n) is 8.63. The summed E-state index contributed by atoms with van der Waals surface area (Å²) < 4.78 is 11.1. The Morgan fingerprint density at radius 1 is 1.28 bits per heavy atom. The molecule has 1 N–H and O–H groups in total. The molecule has 7 heteroatoms. The van der Waals surface area contributed by atoms with Crippen LogP contribution >= 0.6 is 11.8 Å². The number of hydrogen-bond acceptors (Lipinski definition) is 6. The number of thioether (sulfide) groups is 1. The number of hydrogen-bond donors (Lipinski definition) is 1. The van der Waals surface area contributed by atoms with Crippen molar-refractivity contribution in [2.24, 2.45) is 5.92 Å². The maximum Gasteiger partial charge on any atom is 0.277 e. The van der Waals surface area contributed by atoms with E-state index in [1.807, 2.05) is 30.3 Å². The van der Waals surface area contributed by atoms with Gasteiger partial charge in [-0.05, 0) is 30.9 Å². The molecule has 1 aliphatic carbocycles. The van der Waals surface area contributed by atoms with Crippen LogP contribution in [-0.2, 0) is 11.4 Å². The molecule has 3 rings (SSSR count). The van der Waals surface area contributed by atoms with E-state index in [0.717, 1.165) is 12.2 Å². The molecule has 0 unspecified atom stereocenters. The molecular weight excluding hydrogens is 338 g/mol. The quantitative estimate of drug-likeness (QED) is 0.761. The molecule has 0 saturated heterocycles. The van der Waals surface area contributed by atoms with Gasteiger partial charge in [-0.2, -0.15) is 0 Å². The van der Waals surface area contributed by atoms with Crippen molar-refractivity contribution < 1.29 is 13.9 Å². The van der Waals surface area contributed by atoms with Crippen LogP contribution in [0.4, 0.5) is 0 Å². The lowest BCUT2D eigenvalue weighted by Gasteiger charge is -2.29. The molecule has 6 nitrogen and oxygen atoms in total. The summed E-state index contributed by atoms with van der Waals surface area (Å²) in [6, 6.07) is 9.74. The zero-order valence-corrected chi connectivity index (χ0v) is 15.1. The van der Waals surface area contributed by atoms with Crippen molar-refractivity contribution in [1.82, 2.24) is 15.5 Å². The van der Waals surface area contributed by atoms with Gasteiger partial charge >= 0.3 is 0 Å². The molecular formula is C18H23N3O3S. The molecule has 134 valence electrons. The van der Waals surface area contributed by atoms with Gasteiger partial charge in [0, 0.05) is 6.04 Å². The van der Waals surface area contributed by atoms with Crippen LogP contribution in [0.1, 0.15) is 38.5 Å². The third-order valence-corrected chi connectivity index (χ3v) is 5.16. The second kappa shape index (κ2) is 8.89. The van der Waals surface area contributed by atoms with E-state index in [1.165, 1.54) is 31.0 Å². The predicted octanol–water partition coefficient (Wildman–Crippen LogP) is 3.44. The van der Waals surface area contributed by atoms with Gasteiger partial charge in [0.2, 0.25) is 5.91 Å². The number of carbonyl (C=O) groups excluding carboxylic acids is 1. The number of aromatic nitrogens is 2.